The molecule has 1 N–H and O–H groups in total. The molecule has 0 aliphatic rings. The highest BCUT2D eigenvalue weighted by Gasteiger charge is 2.03. The summed E-state index contributed by atoms with van der Waals surface area (Å²) in [4.78, 5) is 10.6. The van der Waals surface area contributed by atoms with Crippen molar-refractivity contribution in [1.29, 1.82) is 0 Å². The van der Waals surface area contributed by atoms with E-state index in [0.717, 1.165) is 11.1 Å². The first-order chi connectivity index (χ1) is 8.15. The van der Waals surface area contributed by atoms with E-state index in [9.17, 15) is 9.18 Å². The van der Waals surface area contributed by atoms with Gasteiger partial charge in [-0.05, 0) is 28.8 Å². The van der Waals surface area contributed by atoms with Crippen LogP contribution in [0.15, 0.2) is 48.5 Å². The average Bonchev–Trinajstić information content (AvgIpc) is 2.28. The highest BCUT2D eigenvalue weighted by atomic mass is 19.1. The summed E-state index contributed by atoms with van der Waals surface area (Å²) in [7, 11) is 0. The molecule has 0 radical (unpaired) electrons. The van der Waals surface area contributed by atoms with E-state index in [1.807, 2.05) is 6.07 Å². The topological polar surface area (TPSA) is 37.3 Å². The molecule has 0 aliphatic carbocycles. The number of carboxylic acid groups (broad SMARTS) is 1. The molecule has 0 amide bonds. The van der Waals surface area contributed by atoms with Crippen LogP contribution in [0.2, 0.25) is 0 Å². The second-order valence-electron chi connectivity index (χ2n) is 3.78. The minimum absolute atomic E-state index is 0.0246. The Hall–Kier alpha value is -2.16. The van der Waals surface area contributed by atoms with Crippen LogP contribution in [0.5, 0.6) is 0 Å². The summed E-state index contributed by atoms with van der Waals surface area (Å²) in [5.41, 5.74) is 2.28. The van der Waals surface area contributed by atoms with Gasteiger partial charge in [-0.25, -0.2) is 4.39 Å². The van der Waals surface area contributed by atoms with Gasteiger partial charge in [-0.3, -0.25) is 4.79 Å². The van der Waals surface area contributed by atoms with Gasteiger partial charge in [0.25, 0.3) is 0 Å². The Balaban J connectivity index is 2.36. The van der Waals surface area contributed by atoms with Crippen LogP contribution in [0, 0.1) is 5.82 Å². The zero-order valence-electron chi connectivity index (χ0n) is 9.06. The van der Waals surface area contributed by atoms with Gasteiger partial charge in [0.15, 0.2) is 0 Å². The molecule has 0 bridgehead atoms. The standard InChI is InChI=1S/C14H11FO2/c15-13-6-2-5-12(9-13)11-4-1-3-10(7-11)8-14(16)17/h1-7,9H,8H2,(H,16,17). The van der Waals surface area contributed by atoms with Crippen molar-refractivity contribution < 1.29 is 14.3 Å². The Bertz CT molecular complexity index is 549. The lowest BCUT2D eigenvalue weighted by Gasteiger charge is -2.04. The molecule has 0 aliphatic heterocycles. The van der Waals surface area contributed by atoms with Gasteiger partial charge in [-0.15, -0.1) is 0 Å². The smallest absolute Gasteiger partial charge is 0.307 e. The van der Waals surface area contributed by atoms with Crippen LogP contribution in [-0.4, -0.2) is 11.1 Å². The predicted octanol–water partition coefficient (Wildman–Crippen LogP) is 3.12. The van der Waals surface area contributed by atoms with Crippen LogP contribution in [0.25, 0.3) is 11.1 Å². The Kier molecular flexibility index (Phi) is 3.19. The number of hydrogen-bond donors (Lipinski definition) is 1. The van der Waals surface area contributed by atoms with E-state index in [1.54, 1.807) is 30.3 Å². The summed E-state index contributed by atoms with van der Waals surface area (Å²) < 4.78 is 13.1. The molecule has 2 nitrogen and oxygen atoms in total. The Labute approximate surface area is 98.3 Å². The number of carbonyl (C=O) groups is 1. The fourth-order valence-corrected chi connectivity index (χ4v) is 1.70. The molecule has 0 aromatic heterocycles. The first-order valence-corrected chi connectivity index (χ1v) is 5.22. The molecular formula is C14H11FO2. The van der Waals surface area contributed by atoms with Crippen molar-refractivity contribution >= 4 is 5.97 Å². The number of hydrogen-bond acceptors (Lipinski definition) is 1. The lowest BCUT2D eigenvalue weighted by Crippen LogP contribution is -1.99. The van der Waals surface area contributed by atoms with Crippen molar-refractivity contribution in [2.24, 2.45) is 0 Å². The van der Waals surface area contributed by atoms with Gasteiger partial charge >= 0.3 is 5.97 Å². The van der Waals surface area contributed by atoms with E-state index in [-0.39, 0.29) is 12.2 Å². The molecule has 2 aromatic rings. The summed E-state index contributed by atoms with van der Waals surface area (Å²) in [6, 6.07) is 13.4. The van der Waals surface area contributed by atoms with Crippen molar-refractivity contribution in [3.63, 3.8) is 0 Å². The SMILES string of the molecule is O=C(O)Cc1cccc(-c2cccc(F)c2)c1. The normalized spacial score (nSPS) is 10.2. The Morgan fingerprint density at radius 2 is 1.71 bits per heavy atom. The fourth-order valence-electron chi connectivity index (χ4n) is 1.70. The third kappa shape index (κ3) is 2.91. The van der Waals surface area contributed by atoms with Gasteiger partial charge in [0.1, 0.15) is 5.82 Å². The van der Waals surface area contributed by atoms with Gasteiger partial charge in [0.2, 0.25) is 0 Å². The van der Waals surface area contributed by atoms with E-state index in [4.69, 9.17) is 5.11 Å². The largest absolute Gasteiger partial charge is 0.481 e. The van der Waals surface area contributed by atoms with Crippen LogP contribution in [-0.2, 0) is 11.2 Å². The molecule has 86 valence electrons. The van der Waals surface area contributed by atoms with Crippen molar-refractivity contribution in [2.75, 3.05) is 0 Å². The van der Waals surface area contributed by atoms with Crippen molar-refractivity contribution in [3.05, 3.63) is 59.9 Å². The Morgan fingerprint density at radius 1 is 1.06 bits per heavy atom. The molecular weight excluding hydrogens is 219 g/mol. The highest BCUT2D eigenvalue weighted by molar-refractivity contribution is 5.72. The maximum absolute atomic E-state index is 13.1. The molecule has 0 saturated heterocycles. The van der Waals surface area contributed by atoms with Crippen LogP contribution in [0.4, 0.5) is 4.39 Å². The lowest BCUT2D eigenvalue weighted by molar-refractivity contribution is -0.136. The molecule has 0 heterocycles. The third-order valence-electron chi connectivity index (χ3n) is 2.44. The number of aliphatic carboxylic acids is 1. The zero-order valence-corrected chi connectivity index (χ0v) is 9.06. The number of carboxylic acids is 1. The first-order valence-electron chi connectivity index (χ1n) is 5.22. The zero-order chi connectivity index (χ0) is 12.3. The molecule has 0 saturated carbocycles. The first kappa shape index (κ1) is 11.3. The minimum Gasteiger partial charge on any atom is -0.481 e. The summed E-state index contributed by atoms with van der Waals surface area (Å²) in [5, 5.41) is 8.71. The maximum atomic E-state index is 13.1. The van der Waals surface area contributed by atoms with E-state index < -0.39 is 5.97 Å². The van der Waals surface area contributed by atoms with Crippen molar-refractivity contribution in [1.82, 2.24) is 0 Å². The monoisotopic (exact) mass is 230 g/mol. The molecule has 0 atom stereocenters. The summed E-state index contributed by atoms with van der Waals surface area (Å²) >= 11 is 0. The minimum atomic E-state index is -0.874. The number of halogens is 1. The molecule has 0 spiro atoms. The van der Waals surface area contributed by atoms with Crippen LogP contribution < -0.4 is 0 Å². The average molecular weight is 230 g/mol. The van der Waals surface area contributed by atoms with Crippen molar-refractivity contribution in [2.45, 2.75) is 6.42 Å². The van der Waals surface area contributed by atoms with E-state index >= 15 is 0 Å². The fraction of sp³-hybridized carbons (Fsp3) is 0.0714. The van der Waals surface area contributed by atoms with Gasteiger partial charge in [0.05, 0.1) is 6.42 Å². The lowest BCUT2D eigenvalue weighted by atomic mass is 10.0. The second-order valence-corrected chi connectivity index (χ2v) is 3.78. The van der Waals surface area contributed by atoms with Gasteiger partial charge in [-0.2, -0.15) is 0 Å². The van der Waals surface area contributed by atoms with Crippen LogP contribution in [0.3, 0.4) is 0 Å². The molecule has 17 heavy (non-hydrogen) atoms. The predicted molar refractivity (Wildman–Crippen MR) is 63.2 cm³/mol. The summed E-state index contributed by atoms with van der Waals surface area (Å²) in [5.74, 6) is -1.17. The second kappa shape index (κ2) is 4.78. The van der Waals surface area contributed by atoms with Gasteiger partial charge in [-0.1, -0.05) is 36.4 Å². The summed E-state index contributed by atoms with van der Waals surface area (Å²) in [6.07, 6.45) is -0.0246. The van der Waals surface area contributed by atoms with E-state index in [1.165, 1.54) is 12.1 Å². The van der Waals surface area contributed by atoms with Crippen LogP contribution >= 0.6 is 0 Å². The van der Waals surface area contributed by atoms with E-state index in [2.05, 4.69) is 0 Å². The number of benzene rings is 2. The van der Waals surface area contributed by atoms with Gasteiger partial charge in [0, 0.05) is 0 Å². The quantitative estimate of drug-likeness (QED) is 0.879. The highest BCUT2D eigenvalue weighted by Crippen LogP contribution is 2.21. The molecule has 0 fully saturated rings. The van der Waals surface area contributed by atoms with E-state index in [0.29, 0.717) is 5.56 Å². The molecule has 2 aromatic carbocycles. The Morgan fingerprint density at radius 3 is 2.35 bits per heavy atom. The third-order valence-corrected chi connectivity index (χ3v) is 2.44. The maximum Gasteiger partial charge on any atom is 0.307 e. The van der Waals surface area contributed by atoms with Crippen molar-refractivity contribution in [3.8, 4) is 11.1 Å². The molecule has 3 heteroatoms. The molecule has 2 rings (SSSR count). The van der Waals surface area contributed by atoms with Crippen LogP contribution in [0.1, 0.15) is 5.56 Å². The van der Waals surface area contributed by atoms with Gasteiger partial charge < -0.3 is 5.11 Å². The summed E-state index contributed by atoms with van der Waals surface area (Å²) in [6.45, 7) is 0. The molecule has 0 unspecified atom stereocenters. The number of rotatable bonds is 3.